The van der Waals surface area contributed by atoms with Crippen LogP contribution < -0.4 is 20.1 Å². The van der Waals surface area contributed by atoms with Crippen LogP contribution >= 0.6 is 0 Å². The first-order chi connectivity index (χ1) is 11.2. The second-order valence-corrected chi connectivity index (χ2v) is 4.79. The topological polar surface area (TPSA) is 59.6 Å². The molecule has 2 rings (SSSR count). The third kappa shape index (κ3) is 5.39. The molecule has 5 nitrogen and oxygen atoms in total. The van der Waals surface area contributed by atoms with Crippen LogP contribution in [0.2, 0.25) is 0 Å². The van der Waals surface area contributed by atoms with Gasteiger partial charge >= 0.3 is 6.03 Å². The minimum absolute atomic E-state index is 0.264. The van der Waals surface area contributed by atoms with E-state index < -0.39 is 0 Å². The molecule has 0 aliphatic rings. The van der Waals surface area contributed by atoms with Gasteiger partial charge in [-0.3, -0.25) is 0 Å². The van der Waals surface area contributed by atoms with Gasteiger partial charge < -0.3 is 20.1 Å². The smallest absolute Gasteiger partial charge is 0.319 e. The van der Waals surface area contributed by atoms with Gasteiger partial charge in [-0.05, 0) is 41.5 Å². The van der Waals surface area contributed by atoms with Gasteiger partial charge in [0, 0.05) is 12.7 Å². The molecule has 0 aliphatic carbocycles. The molecule has 2 aromatic carbocycles. The van der Waals surface area contributed by atoms with Crippen molar-refractivity contribution in [2.24, 2.45) is 0 Å². The lowest BCUT2D eigenvalue weighted by Crippen LogP contribution is -2.31. The van der Waals surface area contributed by atoms with Crippen LogP contribution in [0.25, 0.3) is 6.08 Å². The second kappa shape index (κ2) is 8.48. The fourth-order valence-corrected chi connectivity index (χ4v) is 1.94. The van der Waals surface area contributed by atoms with Crippen molar-refractivity contribution < 1.29 is 14.3 Å². The van der Waals surface area contributed by atoms with Crippen molar-refractivity contribution in [3.8, 4) is 11.5 Å². The monoisotopic (exact) mass is 312 g/mol. The van der Waals surface area contributed by atoms with Gasteiger partial charge in [-0.1, -0.05) is 24.3 Å². The summed E-state index contributed by atoms with van der Waals surface area (Å²) in [4.78, 5) is 11.7. The molecule has 0 heterocycles. The third-order valence-electron chi connectivity index (χ3n) is 3.20. The Morgan fingerprint density at radius 2 is 1.78 bits per heavy atom. The van der Waals surface area contributed by atoms with E-state index in [0.29, 0.717) is 6.54 Å². The van der Waals surface area contributed by atoms with Gasteiger partial charge in [0.15, 0.2) is 0 Å². The molecule has 0 aliphatic heterocycles. The average Bonchev–Trinajstić information content (AvgIpc) is 2.60. The quantitative estimate of drug-likeness (QED) is 0.861. The lowest BCUT2D eigenvalue weighted by Gasteiger charge is -2.06. The maximum absolute atomic E-state index is 11.7. The highest BCUT2D eigenvalue weighted by molar-refractivity contribution is 5.75. The van der Waals surface area contributed by atoms with Crippen LogP contribution in [0.4, 0.5) is 4.79 Å². The van der Waals surface area contributed by atoms with Crippen molar-refractivity contribution >= 4 is 12.1 Å². The first-order valence-electron chi connectivity index (χ1n) is 7.19. The number of rotatable bonds is 6. The van der Waals surface area contributed by atoms with Crippen molar-refractivity contribution in [2.75, 3.05) is 14.2 Å². The molecule has 0 fully saturated rings. The molecule has 0 saturated heterocycles. The highest BCUT2D eigenvalue weighted by Gasteiger charge is 1.99. The Balaban J connectivity index is 1.78. The van der Waals surface area contributed by atoms with Gasteiger partial charge in [0.2, 0.25) is 0 Å². The fraction of sp³-hybridized carbons (Fsp3) is 0.167. The summed E-state index contributed by atoms with van der Waals surface area (Å²) >= 11 is 0. The first-order valence-corrected chi connectivity index (χ1v) is 7.19. The summed E-state index contributed by atoms with van der Waals surface area (Å²) in [5.41, 5.74) is 1.94. The molecule has 23 heavy (non-hydrogen) atoms. The highest BCUT2D eigenvalue weighted by atomic mass is 16.5. The van der Waals surface area contributed by atoms with Crippen LogP contribution in [0.15, 0.2) is 54.7 Å². The standard InChI is InChI=1S/C18H20N2O3/c1-22-16-8-6-15(7-9-16)13-20-18(21)19-11-10-14-4-3-5-17(12-14)23-2/h3-12H,13H2,1-2H3,(H2,19,20,21)/b11-10+. The van der Waals surface area contributed by atoms with Crippen LogP contribution in [-0.4, -0.2) is 20.3 Å². The molecule has 0 bridgehead atoms. The van der Waals surface area contributed by atoms with Crippen LogP contribution in [0.5, 0.6) is 11.5 Å². The summed E-state index contributed by atoms with van der Waals surface area (Å²) < 4.78 is 10.2. The Hall–Kier alpha value is -2.95. The lowest BCUT2D eigenvalue weighted by atomic mass is 10.2. The number of carbonyl (C=O) groups is 1. The van der Waals surface area contributed by atoms with E-state index in [-0.39, 0.29) is 6.03 Å². The minimum Gasteiger partial charge on any atom is -0.497 e. The van der Waals surface area contributed by atoms with E-state index in [1.54, 1.807) is 26.5 Å². The number of methoxy groups -OCH3 is 2. The highest BCUT2D eigenvalue weighted by Crippen LogP contribution is 2.13. The van der Waals surface area contributed by atoms with Crippen LogP contribution in [-0.2, 0) is 6.54 Å². The van der Waals surface area contributed by atoms with E-state index in [4.69, 9.17) is 9.47 Å². The van der Waals surface area contributed by atoms with Crippen molar-refractivity contribution in [3.05, 3.63) is 65.9 Å². The second-order valence-electron chi connectivity index (χ2n) is 4.79. The van der Waals surface area contributed by atoms with Gasteiger partial charge in [0.05, 0.1) is 14.2 Å². The summed E-state index contributed by atoms with van der Waals surface area (Å²) in [5, 5.41) is 5.44. The van der Waals surface area contributed by atoms with Gasteiger partial charge in [0.1, 0.15) is 11.5 Å². The molecule has 0 unspecified atom stereocenters. The Labute approximate surface area is 135 Å². The Morgan fingerprint density at radius 3 is 2.48 bits per heavy atom. The Bertz CT molecular complexity index is 666. The molecule has 0 spiro atoms. The molecule has 2 aromatic rings. The number of amides is 2. The number of carbonyl (C=O) groups excluding carboxylic acids is 1. The van der Waals surface area contributed by atoms with Crippen LogP contribution in [0, 0.1) is 0 Å². The molecule has 0 radical (unpaired) electrons. The minimum atomic E-state index is -0.264. The summed E-state index contributed by atoms with van der Waals surface area (Å²) in [7, 11) is 3.24. The first kappa shape index (κ1) is 16.4. The predicted molar refractivity (Wildman–Crippen MR) is 90.4 cm³/mol. The predicted octanol–water partition coefficient (Wildman–Crippen LogP) is 3.17. The van der Waals surface area contributed by atoms with Crippen LogP contribution in [0.1, 0.15) is 11.1 Å². The van der Waals surface area contributed by atoms with E-state index in [1.165, 1.54) is 0 Å². The van der Waals surface area contributed by atoms with Gasteiger partial charge in [0.25, 0.3) is 0 Å². The van der Waals surface area contributed by atoms with E-state index in [2.05, 4.69) is 10.6 Å². The van der Waals surface area contributed by atoms with Crippen LogP contribution in [0.3, 0.4) is 0 Å². The van der Waals surface area contributed by atoms with E-state index in [9.17, 15) is 4.79 Å². The SMILES string of the molecule is COc1ccc(CNC(=O)N/C=C/c2cccc(OC)c2)cc1. The maximum atomic E-state index is 11.7. The lowest BCUT2D eigenvalue weighted by molar-refractivity contribution is 0.244. The summed E-state index contributed by atoms with van der Waals surface area (Å²) in [6.45, 7) is 0.447. The molecule has 2 amide bonds. The zero-order chi connectivity index (χ0) is 16.5. The molecule has 0 saturated carbocycles. The molecule has 0 atom stereocenters. The zero-order valence-corrected chi connectivity index (χ0v) is 13.2. The Kier molecular flexibility index (Phi) is 6.06. The van der Waals surface area contributed by atoms with E-state index >= 15 is 0 Å². The van der Waals surface area contributed by atoms with Gasteiger partial charge in [-0.15, -0.1) is 0 Å². The fourth-order valence-electron chi connectivity index (χ4n) is 1.94. The molecule has 2 N–H and O–H groups in total. The maximum Gasteiger partial charge on any atom is 0.319 e. The summed E-state index contributed by atoms with van der Waals surface area (Å²) in [6.07, 6.45) is 3.40. The zero-order valence-electron chi connectivity index (χ0n) is 13.2. The van der Waals surface area contributed by atoms with E-state index in [1.807, 2.05) is 48.5 Å². The number of ether oxygens (including phenoxy) is 2. The summed E-state index contributed by atoms with van der Waals surface area (Å²) in [6, 6.07) is 14.8. The van der Waals surface area contributed by atoms with Gasteiger partial charge in [-0.2, -0.15) is 0 Å². The molecular formula is C18H20N2O3. The number of nitrogens with one attached hydrogen (secondary N) is 2. The number of urea groups is 1. The molecule has 120 valence electrons. The number of hydrogen-bond acceptors (Lipinski definition) is 3. The van der Waals surface area contributed by atoms with E-state index in [0.717, 1.165) is 22.6 Å². The molecule has 0 aromatic heterocycles. The van der Waals surface area contributed by atoms with Gasteiger partial charge in [-0.25, -0.2) is 4.79 Å². The van der Waals surface area contributed by atoms with Crippen molar-refractivity contribution in [1.82, 2.24) is 10.6 Å². The van der Waals surface area contributed by atoms with Crippen molar-refractivity contribution in [3.63, 3.8) is 0 Å². The molecule has 5 heteroatoms. The van der Waals surface area contributed by atoms with Crippen molar-refractivity contribution in [2.45, 2.75) is 6.54 Å². The average molecular weight is 312 g/mol. The largest absolute Gasteiger partial charge is 0.497 e. The number of benzene rings is 2. The summed E-state index contributed by atoms with van der Waals surface area (Å²) in [5.74, 6) is 1.57. The van der Waals surface area contributed by atoms with Crippen molar-refractivity contribution in [1.29, 1.82) is 0 Å². The third-order valence-corrected chi connectivity index (χ3v) is 3.20. The molecular weight excluding hydrogens is 292 g/mol. The number of hydrogen-bond donors (Lipinski definition) is 2. The normalized spacial score (nSPS) is 10.3. The Morgan fingerprint density at radius 1 is 1.04 bits per heavy atom.